The summed E-state index contributed by atoms with van der Waals surface area (Å²) in [4.78, 5) is 18.5. The molecule has 1 aliphatic heterocycles. The Kier molecular flexibility index (Phi) is 3.83. The van der Waals surface area contributed by atoms with Crippen LogP contribution in [0.25, 0.3) is 0 Å². The highest BCUT2D eigenvalue weighted by Crippen LogP contribution is 2.22. The van der Waals surface area contributed by atoms with Gasteiger partial charge < -0.3 is 15.0 Å². The highest BCUT2D eigenvalue weighted by atomic mass is 16.5. The minimum atomic E-state index is -0.198. The lowest BCUT2D eigenvalue weighted by Crippen LogP contribution is -2.42. The Morgan fingerprint density at radius 3 is 3.05 bits per heavy atom. The lowest BCUT2D eigenvalue weighted by atomic mass is 10.1. The van der Waals surface area contributed by atoms with E-state index in [2.05, 4.69) is 20.5 Å². The molecule has 1 saturated heterocycles. The van der Waals surface area contributed by atoms with Gasteiger partial charge in [-0.2, -0.15) is 5.10 Å². The zero-order valence-corrected chi connectivity index (χ0v) is 11.7. The second-order valence-electron chi connectivity index (χ2n) is 4.80. The van der Waals surface area contributed by atoms with E-state index in [4.69, 9.17) is 4.74 Å². The van der Waals surface area contributed by atoms with Crippen molar-refractivity contribution in [3.05, 3.63) is 42.0 Å². The Labute approximate surface area is 122 Å². The number of anilines is 1. The monoisotopic (exact) mass is 287 g/mol. The number of hydrogen-bond acceptors (Lipinski definition) is 5. The summed E-state index contributed by atoms with van der Waals surface area (Å²) in [6.45, 7) is 1.56. The maximum Gasteiger partial charge on any atom is 0.272 e. The second-order valence-corrected chi connectivity index (χ2v) is 4.80. The van der Waals surface area contributed by atoms with Crippen molar-refractivity contribution in [2.24, 2.45) is 0 Å². The van der Waals surface area contributed by atoms with E-state index in [1.807, 2.05) is 19.2 Å². The third-order valence-corrected chi connectivity index (χ3v) is 3.49. The SMILES string of the molecule is CNc1ccc(C2CN(C(=O)c3ccn[nH]3)CCO2)nc1. The van der Waals surface area contributed by atoms with Gasteiger partial charge in [0.1, 0.15) is 11.8 Å². The van der Waals surface area contributed by atoms with Gasteiger partial charge in [-0.1, -0.05) is 0 Å². The van der Waals surface area contributed by atoms with Crippen molar-refractivity contribution in [1.82, 2.24) is 20.1 Å². The first-order valence-corrected chi connectivity index (χ1v) is 6.82. The predicted octanol–water partition coefficient (Wildman–Crippen LogP) is 1.06. The molecule has 1 atom stereocenters. The van der Waals surface area contributed by atoms with Crippen LogP contribution in [0.15, 0.2) is 30.6 Å². The summed E-state index contributed by atoms with van der Waals surface area (Å²) >= 11 is 0. The van der Waals surface area contributed by atoms with Crippen molar-refractivity contribution >= 4 is 11.6 Å². The minimum absolute atomic E-state index is 0.0624. The van der Waals surface area contributed by atoms with Gasteiger partial charge in [0.25, 0.3) is 5.91 Å². The van der Waals surface area contributed by atoms with E-state index in [-0.39, 0.29) is 12.0 Å². The number of nitrogens with zero attached hydrogens (tertiary/aromatic N) is 3. The molecule has 7 nitrogen and oxygen atoms in total. The van der Waals surface area contributed by atoms with Crippen LogP contribution in [-0.4, -0.2) is 52.7 Å². The maximum absolute atomic E-state index is 12.3. The average molecular weight is 287 g/mol. The van der Waals surface area contributed by atoms with Gasteiger partial charge in [-0.25, -0.2) is 0 Å². The summed E-state index contributed by atoms with van der Waals surface area (Å²) in [6, 6.07) is 5.54. The molecule has 1 unspecified atom stereocenters. The molecule has 7 heteroatoms. The molecular formula is C14H17N5O2. The number of ether oxygens (including phenoxy) is 1. The minimum Gasteiger partial charge on any atom is -0.387 e. The van der Waals surface area contributed by atoms with Gasteiger partial charge in [0.15, 0.2) is 0 Å². The molecule has 0 aromatic carbocycles. The smallest absolute Gasteiger partial charge is 0.272 e. The Balaban J connectivity index is 1.71. The highest BCUT2D eigenvalue weighted by molar-refractivity contribution is 5.92. The summed E-state index contributed by atoms with van der Waals surface area (Å²) in [6.07, 6.45) is 3.13. The van der Waals surface area contributed by atoms with Crippen molar-refractivity contribution in [1.29, 1.82) is 0 Å². The fourth-order valence-corrected chi connectivity index (χ4v) is 2.30. The number of rotatable bonds is 3. The van der Waals surface area contributed by atoms with Crippen LogP contribution in [-0.2, 0) is 4.74 Å². The largest absolute Gasteiger partial charge is 0.387 e. The standard InChI is InChI=1S/C14H17N5O2/c1-15-10-2-3-11(16-8-10)13-9-19(6-7-21-13)14(20)12-4-5-17-18-12/h2-5,8,13,15H,6-7,9H2,1H3,(H,17,18). The number of hydrogen-bond donors (Lipinski definition) is 2. The quantitative estimate of drug-likeness (QED) is 0.882. The Morgan fingerprint density at radius 1 is 1.48 bits per heavy atom. The lowest BCUT2D eigenvalue weighted by molar-refractivity contribution is -0.0249. The van der Waals surface area contributed by atoms with Crippen LogP contribution in [0.1, 0.15) is 22.3 Å². The fourth-order valence-electron chi connectivity index (χ4n) is 2.30. The molecule has 2 aromatic heterocycles. The summed E-state index contributed by atoms with van der Waals surface area (Å²) in [5.74, 6) is -0.0624. The molecule has 3 heterocycles. The van der Waals surface area contributed by atoms with Crippen LogP contribution in [0.5, 0.6) is 0 Å². The fraction of sp³-hybridized carbons (Fsp3) is 0.357. The van der Waals surface area contributed by atoms with Crippen LogP contribution < -0.4 is 5.32 Å². The normalized spacial score (nSPS) is 18.5. The molecule has 3 rings (SSSR count). The number of carbonyl (C=O) groups excluding carboxylic acids is 1. The van der Waals surface area contributed by atoms with Crippen LogP contribution in [0.2, 0.25) is 0 Å². The zero-order chi connectivity index (χ0) is 14.7. The van der Waals surface area contributed by atoms with Crippen LogP contribution in [0.4, 0.5) is 5.69 Å². The first kappa shape index (κ1) is 13.6. The number of carbonyl (C=O) groups is 1. The number of aromatic nitrogens is 3. The highest BCUT2D eigenvalue weighted by Gasteiger charge is 2.27. The van der Waals surface area contributed by atoms with E-state index >= 15 is 0 Å². The number of H-pyrrole nitrogens is 1. The van der Waals surface area contributed by atoms with Gasteiger partial charge in [-0.15, -0.1) is 0 Å². The molecule has 1 amide bonds. The summed E-state index contributed by atoms with van der Waals surface area (Å²) in [5, 5.41) is 9.53. The van der Waals surface area contributed by atoms with Crippen molar-refractivity contribution in [3.63, 3.8) is 0 Å². The van der Waals surface area contributed by atoms with Crippen LogP contribution >= 0.6 is 0 Å². The van der Waals surface area contributed by atoms with E-state index in [0.29, 0.717) is 25.4 Å². The van der Waals surface area contributed by atoms with Gasteiger partial charge >= 0.3 is 0 Å². The van der Waals surface area contributed by atoms with Crippen molar-refractivity contribution < 1.29 is 9.53 Å². The molecule has 2 N–H and O–H groups in total. The average Bonchev–Trinajstić information content (AvgIpc) is 3.09. The third kappa shape index (κ3) is 2.87. The molecule has 0 radical (unpaired) electrons. The van der Waals surface area contributed by atoms with Gasteiger partial charge in [0.05, 0.1) is 30.7 Å². The molecule has 21 heavy (non-hydrogen) atoms. The van der Waals surface area contributed by atoms with Crippen molar-refractivity contribution in [3.8, 4) is 0 Å². The molecule has 110 valence electrons. The van der Waals surface area contributed by atoms with Gasteiger partial charge in [0.2, 0.25) is 0 Å². The van der Waals surface area contributed by atoms with Gasteiger partial charge in [-0.3, -0.25) is 14.9 Å². The first-order chi connectivity index (χ1) is 10.3. The molecule has 1 fully saturated rings. The second kappa shape index (κ2) is 5.92. The number of nitrogens with one attached hydrogen (secondary N) is 2. The molecular weight excluding hydrogens is 270 g/mol. The maximum atomic E-state index is 12.3. The first-order valence-electron chi connectivity index (χ1n) is 6.82. The number of aromatic amines is 1. The summed E-state index contributed by atoms with van der Waals surface area (Å²) in [5.41, 5.74) is 2.27. The molecule has 1 aliphatic rings. The molecule has 2 aromatic rings. The Bertz CT molecular complexity index is 596. The van der Waals surface area contributed by atoms with Gasteiger partial charge in [-0.05, 0) is 18.2 Å². The Morgan fingerprint density at radius 2 is 2.38 bits per heavy atom. The van der Waals surface area contributed by atoms with E-state index in [1.54, 1.807) is 23.4 Å². The lowest BCUT2D eigenvalue weighted by Gasteiger charge is -2.32. The van der Waals surface area contributed by atoms with E-state index in [9.17, 15) is 4.79 Å². The van der Waals surface area contributed by atoms with Crippen LogP contribution in [0.3, 0.4) is 0 Å². The molecule has 0 aliphatic carbocycles. The third-order valence-electron chi connectivity index (χ3n) is 3.49. The van der Waals surface area contributed by atoms with Crippen molar-refractivity contribution in [2.75, 3.05) is 32.1 Å². The molecule has 0 bridgehead atoms. The van der Waals surface area contributed by atoms with E-state index in [0.717, 1.165) is 11.4 Å². The van der Waals surface area contributed by atoms with Crippen LogP contribution in [0, 0.1) is 0 Å². The number of pyridine rings is 1. The zero-order valence-electron chi connectivity index (χ0n) is 11.7. The summed E-state index contributed by atoms with van der Waals surface area (Å²) in [7, 11) is 1.85. The number of morpholine rings is 1. The Hall–Kier alpha value is -2.41. The van der Waals surface area contributed by atoms with E-state index in [1.165, 1.54) is 0 Å². The topological polar surface area (TPSA) is 83.1 Å². The van der Waals surface area contributed by atoms with Crippen molar-refractivity contribution in [2.45, 2.75) is 6.10 Å². The molecule has 0 saturated carbocycles. The summed E-state index contributed by atoms with van der Waals surface area (Å²) < 4.78 is 5.73. The van der Waals surface area contributed by atoms with E-state index < -0.39 is 0 Å². The number of amides is 1. The molecule has 0 spiro atoms. The van der Waals surface area contributed by atoms with Gasteiger partial charge in [0, 0.05) is 19.8 Å². The predicted molar refractivity (Wildman–Crippen MR) is 77.0 cm³/mol.